The van der Waals surface area contributed by atoms with Crippen molar-refractivity contribution >= 4 is 11.9 Å². The first kappa shape index (κ1) is 16.0. The molecule has 1 aliphatic carbocycles. The number of carbonyl (C=O) groups is 2. The number of amides is 1. The maximum atomic E-state index is 11.8. The molecule has 3 N–H and O–H groups in total. The van der Waals surface area contributed by atoms with E-state index in [9.17, 15) is 14.7 Å². The van der Waals surface area contributed by atoms with Crippen molar-refractivity contribution in [3.63, 3.8) is 0 Å². The van der Waals surface area contributed by atoms with E-state index in [0.29, 0.717) is 13.1 Å². The fourth-order valence-electron chi connectivity index (χ4n) is 2.89. The third kappa shape index (κ3) is 4.54. The van der Waals surface area contributed by atoms with E-state index in [1.54, 1.807) is 6.08 Å². The average molecular weight is 296 g/mol. The van der Waals surface area contributed by atoms with Crippen LogP contribution in [0.25, 0.3) is 0 Å². The van der Waals surface area contributed by atoms with E-state index in [1.165, 1.54) is 12.0 Å². The Morgan fingerprint density at radius 2 is 2.00 bits per heavy atom. The molecule has 1 heterocycles. The smallest absolute Gasteiger partial charge is 0.321 e. The van der Waals surface area contributed by atoms with Crippen molar-refractivity contribution in [1.29, 1.82) is 0 Å². The normalized spacial score (nSPS) is 21.5. The molecular weight excluding hydrogens is 272 g/mol. The molecule has 1 aliphatic heterocycles. The van der Waals surface area contributed by atoms with Gasteiger partial charge >= 0.3 is 5.97 Å². The topological polar surface area (TPSA) is 89.9 Å². The van der Waals surface area contributed by atoms with E-state index < -0.39 is 12.0 Å². The van der Waals surface area contributed by atoms with Crippen LogP contribution in [0.3, 0.4) is 0 Å². The van der Waals surface area contributed by atoms with E-state index in [0.717, 1.165) is 25.7 Å². The number of aliphatic hydroxyl groups is 1. The summed E-state index contributed by atoms with van der Waals surface area (Å²) in [5.41, 5.74) is 1.22. The number of aliphatic carboxylic acids is 1. The Balaban J connectivity index is 1.77. The summed E-state index contributed by atoms with van der Waals surface area (Å²) in [7, 11) is 0. The number of aliphatic hydroxyl groups excluding tert-OH is 1. The highest BCUT2D eigenvalue weighted by Gasteiger charge is 2.29. The summed E-state index contributed by atoms with van der Waals surface area (Å²) >= 11 is 0. The van der Waals surface area contributed by atoms with Crippen molar-refractivity contribution < 1.29 is 19.8 Å². The van der Waals surface area contributed by atoms with Crippen molar-refractivity contribution in [2.75, 3.05) is 19.7 Å². The van der Waals surface area contributed by atoms with Gasteiger partial charge in [0.05, 0.1) is 0 Å². The molecule has 0 bridgehead atoms. The summed E-state index contributed by atoms with van der Waals surface area (Å²) in [6.07, 6.45) is 6.72. The van der Waals surface area contributed by atoms with Crippen molar-refractivity contribution in [2.24, 2.45) is 0 Å². The fourth-order valence-corrected chi connectivity index (χ4v) is 2.89. The highest BCUT2D eigenvalue weighted by molar-refractivity contribution is 5.88. The fraction of sp³-hybridized carbons (Fsp3) is 0.733. The first-order chi connectivity index (χ1) is 10.1. The largest absolute Gasteiger partial charge is 0.480 e. The molecule has 2 fully saturated rings. The van der Waals surface area contributed by atoms with Gasteiger partial charge in [-0.2, -0.15) is 0 Å². The Morgan fingerprint density at radius 1 is 1.33 bits per heavy atom. The van der Waals surface area contributed by atoms with Crippen LogP contribution < -0.4 is 5.32 Å². The monoisotopic (exact) mass is 296 g/mol. The molecule has 1 saturated carbocycles. The minimum atomic E-state index is -0.888. The summed E-state index contributed by atoms with van der Waals surface area (Å²) in [4.78, 5) is 24.9. The number of carbonyl (C=O) groups excluding carboxylic acids is 1. The quantitative estimate of drug-likeness (QED) is 0.622. The van der Waals surface area contributed by atoms with Gasteiger partial charge in [0.25, 0.3) is 0 Å². The first-order valence-electron chi connectivity index (χ1n) is 7.68. The summed E-state index contributed by atoms with van der Waals surface area (Å²) in [5, 5.41) is 21.1. The van der Waals surface area contributed by atoms with Gasteiger partial charge < -0.3 is 15.5 Å². The number of carboxylic acid groups (broad SMARTS) is 1. The number of nitrogens with zero attached hydrogens (tertiary/aromatic N) is 1. The summed E-state index contributed by atoms with van der Waals surface area (Å²) in [6.45, 7) is 1.15. The molecule has 118 valence electrons. The predicted molar refractivity (Wildman–Crippen MR) is 77.8 cm³/mol. The second-order valence-electron chi connectivity index (χ2n) is 5.84. The second kappa shape index (κ2) is 7.56. The van der Waals surface area contributed by atoms with Gasteiger partial charge in [0.15, 0.2) is 0 Å². The van der Waals surface area contributed by atoms with Gasteiger partial charge in [-0.3, -0.25) is 14.5 Å². The van der Waals surface area contributed by atoms with E-state index in [1.807, 2.05) is 4.90 Å². The molecule has 1 unspecified atom stereocenters. The number of rotatable bonds is 6. The molecule has 1 saturated heterocycles. The van der Waals surface area contributed by atoms with Crippen LogP contribution in [0.2, 0.25) is 0 Å². The van der Waals surface area contributed by atoms with Crippen LogP contribution >= 0.6 is 0 Å². The maximum Gasteiger partial charge on any atom is 0.321 e. The molecule has 1 amide bonds. The molecule has 0 aromatic carbocycles. The Hall–Kier alpha value is -1.40. The van der Waals surface area contributed by atoms with Crippen molar-refractivity contribution in [2.45, 2.75) is 50.6 Å². The van der Waals surface area contributed by atoms with Crippen LogP contribution in [0.1, 0.15) is 38.5 Å². The molecule has 0 aromatic heterocycles. The summed E-state index contributed by atoms with van der Waals surface area (Å²) in [5.74, 6) is -0.908. The van der Waals surface area contributed by atoms with E-state index >= 15 is 0 Å². The number of hydrogen-bond acceptors (Lipinski definition) is 4. The standard InChI is InChI=1S/C15H24N2O4/c18-9-6-13(15(20)21)17-7-4-12(5-8-17)16-14(19)10-11-2-1-3-11/h10,12-13,18H,1-9H2,(H,16,19)(H,20,21). The molecule has 0 radical (unpaired) electrons. The van der Waals surface area contributed by atoms with Gasteiger partial charge in [-0.05, 0) is 38.5 Å². The number of likely N-dealkylation sites (tertiary alicyclic amines) is 1. The number of allylic oxidation sites excluding steroid dienone is 1. The lowest BCUT2D eigenvalue weighted by atomic mass is 9.92. The molecule has 21 heavy (non-hydrogen) atoms. The second-order valence-corrected chi connectivity index (χ2v) is 5.84. The predicted octanol–water partition coefficient (Wildman–Crippen LogP) is 0.513. The zero-order valence-corrected chi connectivity index (χ0v) is 12.3. The number of nitrogens with one attached hydrogen (secondary N) is 1. The Bertz CT molecular complexity index is 408. The molecule has 0 aromatic rings. The molecule has 6 heteroatoms. The Kier molecular flexibility index (Phi) is 5.76. The van der Waals surface area contributed by atoms with Crippen molar-refractivity contribution in [3.05, 3.63) is 11.6 Å². The van der Waals surface area contributed by atoms with Crippen LogP contribution in [0.15, 0.2) is 11.6 Å². The van der Waals surface area contributed by atoms with Crippen LogP contribution in [-0.2, 0) is 9.59 Å². The Morgan fingerprint density at radius 3 is 2.48 bits per heavy atom. The number of hydrogen-bond donors (Lipinski definition) is 3. The molecule has 1 atom stereocenters. The van der Waals surface area contributed by atoms with Gasteiger partial charge in [-0.25, -0.2) is 0 Å². The molecule has 0 spiro atoms. The Labute approximate surface area is 124 Å². The zero-order chi connectivity index (χ0) is 15.2. The molecule has 2 aliphatic rings. The summed E-state index contributed by atoms with van der Waals surface area (Å²) in [6, 6.07) is -0.502. The van der Waals surface area contributed by atoms with Crippen molar-refractivity contribution in [3.8, 4) is 0 Å². The lowest BCUT2D eigenvalue weighted by Gasteiger charge is -2.35. The van der Waals surface area contributed by atoms with E-state index in [4.69, 9.17) is 5.11 Å². The van der Waals surface area contributed by atoms with Gasteiger partial charge in [0.2, 0.25) is 5.91 Å². The molecule has 6 nitrogen and oxygen atoms in total. The number of piperidine rings is 1. The lowest BCUT2D eigenvalue weighted by Crippen LogP contribution is -2.50. The maximum absolute atomic E-state index is 11.8. The third-order valence-corrected chi connectivity index (χ3v) is 4.34. The molecular formula is C15H24N2O4. The van der Waals surface area contributed by atoms with Crippen LogP contribution in [0, 0.1) is 0 Å². The van der Waals surface area contributed by atoms with Crippen LogP contribution in [0.5, 0.6) is 0 Å². The first-order valence-corrected chi connectivity index (χ1v) is 7.68. The van der Waals surface area contributed by atoms with Gasteiger partial charge in [-0.1, -0.05) is 5.57 Å². The van der Waals surface area contributed by atoms with Crippen LogP contribution in [0.4, 0.5) is 0 Å². The lowest BCUT2D eigenvalue weighted by molar-refractivity contribution is -0.144. The van der Waals surface area contributed by atoms with E-state index in [-0.39, 0.29) is 25.0 Å². The van der Waals surface area contributed by atoms with Gasteiger partial charge in [0, 0.05) is 31.8 Å². The highest BCUT2D eigenvalue weighted by atomic mass is 16.4. The minimum Gasteiger partial charge on any atom is -0.480 e. The average Bonchev–Trinajstić information content (AvgIpc) is 2.41. The van der Waals surface area contributed by atoms with Crippen LogP contribution in [-0.4, -0.2) is 58.8 Å². The SMILES string of the molecule is O=C(C=C1CCC1)NC1CCN(C(CCO)C(=O)O)CC1. The number of carboxylic acids is 1. The summed E-state index contributed by atoms with van der Waals surface area (Å²) < 4.78 is 0. The van der Waals surface area contributed by atoms with Gasteiger partial charge in [-0.15, -0.1) is 0 Å². The minimum absolute atomic E-state index is 0.0201. The van der Waals surface area contributed by atoms with E-state index in [2.05, 4.69) is 5.32 Å². The third-order valence-electron chi connectivity index (χ3n) is 4.34. The zero-order valence-electron chi connectivity index (χ0n) is 12.3. The van der Waals surface area contributed by atoms with Gasteiger partial charge in [0.1, 0.15) is 6.04 Å². The van der Waals surface area contributed by atoms with Crippen molar-refractivity contribution in [1.82, 2.24) is 10.2 Å². The molecule has 2 rings (SSSR count). The highest BCUT2D eigenvalue weighted by Crippen LogP contribution is 2.24.